The van der Waals surface area contributed by atoms with Crippen molar-refractivity contribution >= 4 is 23.1 Å². The monoisotopic (exact) mass is 249 g/mol. The average Bonchev–Trinajstić information content (AvgIpc) is 2.82. The summed E-state index contributed by atoms with van der Waals surface area (Å²) in [5, 5.41) is 2.10. The van der Waals surface area contributed by atoms with Crippen LogP contribution in [0.1, 0.15) is 24.9 Å². The zero-order valence-corrected chi connectivity index (χ0v) is 10.9. The number of rotatable bonds is 4. The Kier molecular flexibility index (Phi) is 4.04. The van der Waals surface area contributed by atoms with Gasteiger partial charge in [-0.25, -0.2) is 0 Å². The van der Waals surface area contributed by atoms with Crippen LogP contribution >= 0.6 is 23.1 Å². The third kappa shape index (κ3) is 2.88. The van der Waals surface area contributed by atoms with E-state index in [1.165, 1.54) is 14.7 Å². The first-order valence-electron chi connectivity index (χ1n) is 5.36. The Bertz CT molecular complexity index is 420. The van der Waals surface area contributed by atoms with Gasteiger partial charge in [0.2, 0.25) is 0 Å². The molecule has 0 spiro atoms. The Labute approximate surface area is 105 Å². The highest BCUT2D eigenvalue weighted by Crippen LogP contribution is 2.31. The lowest BCUT2D eigenvalue weighted by molar-refractivity contribution is 0.698. The molecular weight excluding hydrogens is 234 g/mol. The molecular formula is C13H15NS2. The maximum atomic E-state index is 5.98. The molecule has 0 aliphatic rings. The number of hydrogen-bond acceptors (Lipinski definition) is 3. The predicted octanol–water partition coefficient (Wildman–Crippen LogP) is 4.31. The molecule has 0 bridgehead atoms. The molecule has 0 fully saturated rings. The van der Waals surface area contributed by atoms with Crippen molar-refractivity contribution in [2.75, 3.05) is 0 Å². The van der Waals surface area contributed by atoms with E-state index >= 15 is 0 Å². The van der Waals surface area contributed by atoms with Gasteiger partial charge in [-0.15, -0.1) is 11.3 Å². The van der Waals surface area contributed by atoms with Crippen molar-refractivity contribution in [1.82, 2.24) is 0 Å². The molecule has 0 amide bonds. The molecule has 84 valence electrons. The van der Waals surface area contributed by atoms with Crippen molar-refractivity contribution in [2.24, 2.45) is 5.73 Å². The maximum Gasteiger partial charge on any atom is 0.0646 e. The summed E-state index contributed by atoms with van der Waals surface area (Å²) >= 11 is 3.57. The van der Waals surface area contributed by atoms with Gasteiger partial charge in [0.05, 0.1) is 4.21 Å². The standard InChI is InChI=1S/C13H15NS2/c1-2-12(14)10-5-7-11(8-6-10)16-13-4-3-9-15-13/h3-9,12H,2,14H2,1H3/t12-/m0/s1. The van der Waals surface area contributed by atoms with E-state index in [1.807, 2.05) is 0 Å². The lowest BCUT2D eigenvalue weighted by Crippen LogP contribution is -2.07. The van der Waals surface area contributed by atoms with Gasteiger partial charge in [0.15, 0.2) is 0 Å². The van der Waals surface area contributed by atoms with Gasteiger partial charge in [-0.1, -0.05) is 36.9 Å². The van der Waals surface area contributed by atoms with E-state index in [1.54, 1.807) is 23.1 Å². The fraction of sp³-hybridized carbons (Fsp3) is 0.231. The van der Waals surface area contributed by atoms with Crippen molar-refractivity contribution in [1.29, 1.82) is 0 Å². The SMILES string of the molecule is CC[C@H](N)c1ccc(Sc2cccs2)cc1. The molecule has 2 aromatic rings. The van der Waals surface area contributed by atoms with Crippen LogP contribution in [0.15, 0.2) is 50.9 Å². The molecule has 0 aliphatic carbocycles. The average molecular weight is 249 g/mol. The number of thiophene rings is 1. The summed E-state index contributed by atoms with van der Waals surface area (Å²) in [6.07, 6.45) is 0.984. The van der Waals surface area contributed by atoms with E-state index < -0.39 is 0 Å². The third-order valence-electron chi connectivity index (χ3n) is 2.46. The molecule has 16 heavy (non-hydrogen) atoms. The van der Waals surface area contributed by atoms with Crippen LogP contribution < -0.4 is 5.73 Å². The lowest BCUT2D eigenvalue weighted by Gasteiger charge is -2.09. The van der Waals surface area contributed by atoms with Crippen LogP contribution in [0.25, 0.3) is 0 Å². The van der Waals surface area contributed by atoms with E-state index in [9.17, 15) is 0 Å². The Hall–Kier alpha value is -0.770. The molecule has 0 aliphatic heterocycles. The van der Waals surface area contributed by atoms with Gasteiger partial charge in [0.1, 0.15) is 0 Å². The molecule has 3 heteroatoms. The van der Waals surface area contributed by atoms with Gasteiger partial charge in [-0.05, 0) is 35.6 Å². The van der Waals surface area contributed by atoms with Crippen molar-refractivity contribution in [3.05, 3.63) is 47.3 Å². The van der Waals surface area contributed by atoms with Crippen LogP contribution in [0.5, 0.6) is 0 Å². The lowest BCUT2D eigenvalue weighted by atomic mass is 10.1. The molecule has 0 saturated carbocycles. The summed E-state index contributed by atoms with van der Waals surface area (Å²) in [5.41, 5.74) is 7.20. The minimum Gasteiger partial charge on any atom is -0.324 e. The molecule has 0 radical (unpaired) electrons. The Morgan fingerprint density at radius 3 is 2.56 bits per heavy atom. The molecule has 2 N–H and O–H groups in total. The van der Waals surface area contributed by atoms with Gasteiger partial charge >= 0.3 is 0 Å². The first-order valence-corrected chi connectivity index (χ1v) is 7.06. The van der Waals surface area contributed by atoms with Crippen LogP contribution in [-0.2, 0) is 0 Å². The number of hydrogen-bond donors (Lipinski definition) is 1. The highest BCUT2D eigenvalue weighted by Gasteiger charge is 2.03. The normalized spacial score (nSPS) is 12.6. The largest absolute Gasteiger partial charge is 0.324 e. The molecule has 1 heterocycles. The molecule has 2 rings (SSSR count). The fourth-order valence-electron chi connectivity index (χ4n) is 1.46. The number of nitrogens with two attached hydrogens (primary N) is 1. The molecule has 1 aromatic heterocycles. The predicted molar refractivity (Wildman–Crippen MR) is 72.1 cm³/mol. The van der Waals surface area contributed by atoms with Gasteiger partial charge in [-0.2, -0.15) is 0 Å². The first kappa shape index (κ1) is 11.7. The maximum absolute atomic E-state index is 5.98. The van der Waals surface area contributed by atoms with Crippen LogP contribution in [0.4, 0.5) is 0 Å². The van der Waals surface area contributed by atoms with E-state index in [0.29, 0.717) is 0 Å². The summed E-state index contributed by atoms with van der Waals surface area (Å²) in [5.74, 6) is 0. The number of benzene rings is 1. The van der Waals surface area contributed by atoms with Crippen LogP contribution in [0.2, 0.25) is 0 Å². The Morgan fingerprint density at radius 2 is 2.00 bits per heavy atom. The molecule has 1 atom stereocenters. The Balaban J connectivity index is 2.07. The van der Waals surface area contributed by atoms with Crippen LogP contribution in [-0.4, -0.2) is 0 Å². The third-order valence-corrected chi connectivity index (χ3v) is 4.51. The highest BCUT2D eigenvalue weighted by molar-refractivity contribution is 8.01. The highest BCUT2D eigenvalue weighted by atomic mass is 32.2. The molecule has 1 nitrogen and oxygen atoms in total. The Morgan fingerprint density at radius 1 is 1.25 bits per heavy atom. The zero-order chi connectivity index (χ0) is 11.4. The van der Waals surface area contributed by atoms with Crippen molar-refractivity contribution < 1.29 is 0 Å². The second-order valence-electron chi connectivity index (χ2n) is 3.62. The summed E-state index contributed by atoms with van der Waals surface area (Å²) in [7, 11) is 0. The summed E-state index contributed by atoms with van der Waals surface area (Å²) in [6.45, 7) is 2.11. The molecule has 0 unspecified atom stereocenters. The quantitative estimate of drug-likeness (QED) is 0.873. The van der Waals surface area contributed by atoms with E-state index in [0.717, 1.165) is 6.42 Å². The van der Waals surface area contributed by atoms with Gasteiger partial charge in [-0.3, -0.25) is 0 Å². The zero-order valence-electron chi connectivity index (χ0n) is 9.22. The second-order valence-corrected chi connectivity index (χ2v) is 5.94. The topological polar surface area (TPSA) is 26.0 Å². The van der Waals surface area contributed by atoms with Crippen LogP contribution in [0, 0.1) is 0 Å². The van der Waals surface area contributed by atoms with Crippen LogP contribution in [0.3, 0.4) is 0 Å². The minimum absolute atomic E-state index is 0.167. The fourth-order valence-corrected chi connectivity index (χ4v) is 3.20. The summed E-state index contributed by atoms with van der Waals surface area (Å²) in [4.78, 5) is 1.27. The molecule has 1 aromatic carbocycles. The van der Waals surface area contributed by atoms with Crippen molar-refractivity contribution in [3.63, 3.8) is 0 Å². The van der Waals surface area contributed by atoms with E-state index in [-0.39, 0.29) is 6.04 Å². The van der Waals surface area contributed by atoms with Crippen molar-refractivity contribution in [2.45, 2.75) is 28.5 Å². The molecule has 0 saturated heterocycles. The van der Waals surface area contributed by atoms with E-state index in [4.69, 9.17) is 5.73 Å². The van der Waals surface area contributed by atoms with Gasteiger partial charge in [0.25, 0.3) is 0 Å². The van der Waals surface area contributed by atoms with Crippen molar-refractivity contribution in [3.8, 4) is 0 Å². The van der Waals surface area contributed by atoms with Gasteiger partial charge in [0, 0.05) is 10.9 Å². The summed E-state index contributed by atoms with van der Waals surface area (Å²) in [6, 6.07) is 12.9. The minimum atomic E-state index is 0.167. The smallest absolute Gasteiger partial charge is 0.0646 e. The second kappa shape index (κ2) is 5.53. The first-order chi connectivity index (χ1) is 7.79. The van der Waals surface area contributed by atoms with E-state index in [2.05, 4.69) is 48.7 Å². The summed E-state index contributed by atoms with van der Waals surface area (Å²) < 4.78 is 1.33. The van der Waals surface area contributed by atoms with Gasteiger partial charge < -0.3 is 5.73 Å².